The lowest BCUT2D eigenvalue weighted by atomic mass is 10.1. The van der Waals surface area contributed by atoms with Crippen LogP contribution in [0.1, 0.15) is 50.3 Å². The minimum Gasteiger partial charge on any atom is -0.355 e. The first-order chi connectivity index (χ1) is 19.9. The summed E-state index contributed by atoms with van der Waals surface area (Å²) in [6.45, 7) is 1.90. The number of carbonyl (C=O) groups is 4. The number of benzene rings is 3. The van der Waals surface area contributed by atoms with E-state index in [9.17, 15) is 19.2 Å². The number of nitrogens with one attached hydrogen (secondary N) is 2. The van der Waals surface area contributed by atoms with Crippen LogP contribution in [-0.2, 0) is 11.3 Å². The first-order valence-electron chi connectivity index (χ1n) is 13.6. The number of hydrogen-bond donors (Lipinski definition) is 2. The Balaban J connectivity index is 1.44. The Hall–Kier alpha value is -4.99. The van der Waals surface area contributed by atoms with Gasteiger partial charge >= 0.3 is 0 Å². The molecule has 5 rings (SSSR count). The van der Waals surface area contributed by atoms with Crippen LogP contribution in [0, 0.1) is 0 Å². The van der Waals surface area contributed by atoms with E-state index < -0.39 is 5.91 Å². The highest BCUT2D eigenvalue weighted by molar-refractivity contribution is 6.07. The SMILES string of the molecule is CNC(=O)c1cccc(C(=O)Nc2nc3cc(N(C)C(=O)c4ccccc4)ccc3n2CCCN2CCCC2=O)c1. The summed E-state index contributed by atoms with van der Waals surface area (Å²) in [7, 11) is 3.24. The van der Waals surface area contributed by atoms with Crippen molar-refractivity contribution >= 4 is 46.3 Å². The minimum atomic E-state index is -0.404. The first-order valence-corrected chi connectivity index (χ1v) is 13.6. The van der Waals surface area contributed by atoms with E-state index in [2.05, 4.69) is 10.6 Å². The van der Waals surface area contributed by atoms with Crippen LogP contribution in [0.5, 0.6) is 0 Å². The summed E-state index contributed by atoms with van der Waals surface area (Å²) in [6, 6.07) is 21.0. The second-order valence-electron chi connectivity index (χ2n) is 9.94. The normalized spacial score (nSPS) is 12.9. The van der Waals surface area contributed by atoms with Crippen LogP contribution < -0.4 is 15.5 Å². The molecule has 210 valence electrons. The molecule has 3 aromatic carbocycles. The Labute approximate surface area is 238 Å². The molecule has 0 aliphatic carbocycles. The topological polar surface area (TPSA) is 117 Å². The van der Waals surface area contributed by atoms with Crippen molar-refractivity contribution < 1.29 is 19.2 Å². The molecule has 0 spiro atoms. The van der Waals surface area contributed by atoms with Crippen LogP contribution in [0.4, 0.5) is 11.6 Å². The Morgan fingerprint density at radius 3 is 2.34 bits per heavy atom. The Morgan fingerprint density at radius 1 is 0.902 bits per heavy atom. The van der Waals surface area contributed by atoms with Gasteiger partial charge in [-0.05, 0) is 61.4 Å². The number of rotatable bonds is 9. The fourth-order valence-corrected chi connectivity index (χ4v) is 5.02. The highest BCUT2D eigenvalue weighted by Crippen LogP contribution is 2.27. The van der Waals surface area contributed by atoms with Gasteiger partial charge in [0.2, 0.25) is 11.9 Å². The molecule has 4 aromatic rings. The van der Waals surface area contributed by atoms with Gasteiger partial charge < -0.3 is 19.7 Å². The van der Waals surface area contributed by atoms with Crippen molar-refractivity contribution in [1.29, 1.82) is 0 Å². The molecule has 0 radical (unpaired) electrons. The van der Waals surface area contributed by atoms with Gasteiger partial charge in [-0.1, -0.05) is 24.3 Å². The zero-order chi connectivity index (χ0) is 28.9. The molecule has 1 aromatic heterocycles. The third kappa shape index (κ3) is 5.96. The quantitative estimate of drug-likeness (QED) is 0.326. The number of fused-ring (bicyclic) bond motifs is 1. The number of amides is 4. The summed E-state index contributed by atoms with van der Waals surface area (Å²) in [4.78, 5) is 58.6. The highest BCUT2D eigenvalue weighted by atomic mass is 16.2. The average molecular weight is 553 g/mol. The summed E-state index contributed by atoms with van der Waals surface area (Å²) in [5.41, 5.74) is 3.33. The van der Waals surface area contributed by atoms with Crippen molar-refractivity contribution in [3.05, 3.63) is 89.5 Å². The third-order valence-corrected chi connectivity index (χ3v) is 7.26. The standard InChI is InChI=1S/C31H32N6O4/c1-32-28(39)22-11-6-12-23(19-22)29(40)34-31-33-25-20-24(35(2)30(41)21-9-4-3-5-10-21)14-15-26(25)37(31)18-8-17-36-16-7-13-27(36)38/h3-6,9-12,14-15,19-20H,7-8,13,16-18H2,1-2H3,(H,32,39)(H,33,34,40). The van der Waals surface area contributed by atoms with Crippen molar-refractivity contribution in [1.82, 2.24) is 19.8 Å². The van der Waals surface area contributed by atoms with Gasteiger partial charge in [0.1, 0.15) is 0 Å². The number of likely N-dealkylation sites (tertiary alicyclic amines) is 1. The van der Waals surface area contributed by atoms with E-state index in [0.717, 1.165) is 18.5 Å². The van der Waals surface area contributed by atoms with Crippen molar-refractivity contribution in [2.24, 2.45) is 0 Å². The summed E-state index contributed by atoms with van der Waals surface area (Å²) < 4.78 is 1.92. The average Bonchev–Trinajstić information content (AvgIpc) is 3.58. The molecular formula is C31H32N6O4. The predicted octanol–water partition coefficient (Wildman–Crippen LogP) is 3.94. The van der Waals surface area contributed by atoms with Gasteiger partial charge in [0.05, 0.1) is 11.0 Å². The molecule has 0 atom stereocenters. The zero-order valence-electron chi connectivity index (χ0n) is 23.1. The van der Waals surface area contributed by atoms with Gasteiger partial charge in [-0.15, -0.1) is 0 Å². The van der Waals surface area contributed by atoms with E-state index in [0.29, 0.717) is 59.8 Å². The van der Waals surface area contributed by atoms with Gasteiger partial charge in [0.15, 0.2) is 0 Å². The van der Waals surface area contributed by atoms with Crippen LogP contribution in [0.15, 0.2) is 72.8 Å². The van der Waals surface area contributed by atoms with Crippen molar-refractivity contribution in [3.63, 3.8) is 0 Å². The lowest BCUT2D eigenvalue weighted by molar-refractivity contribution is -0.127. The van der Waals surface area contributed by atoms with Gasteiger partial charge in [-0.25, -0.2) is 4.98 Å². The lowest BCUT2D eigenvalue weighted by Gasteiger charge is -2.18. The molecule has 4 amide bonds. The van der Waals surface area contributed by atoms with Crippen molar-refractivity contribution in [2.75, 3.05) is 37.4 Å². The first kappa shape index (κ1) is 27.6. The largest absolute Gasteiger partial charge is 0.355 e. The van der Waals surface area contributed by atoms with Crippen LogP contribution in [0.25, 0.3) is 11.0 Å². The zero-order valence-corrected chi connectivity index (χ0v) is 23.1. The van der Waals surface area contributed by atoms with Crippen LogP contribution in [0.3, 0.4) is 0 Å². The summed E-state index contributed by atoms with van der Waals surface area (Å²) in [5, 5.41) is 5.47. The highest BCUT2D eigenvalue weighted by Gasteiger charge is 2.21. The van der Waals surface area contributed by atoms with Crippen molar-refractivity contribution in [3.8, 4) is 0 Å². The Morgan fingerprint density at radius 2 is 1.63 bits per heavy atom. The number of hydrogen-bond acceptors (Lipinski definition) is 5. The Bertz CT molecular complexity index is 1610. The van der Waals surface area contributed by atoms with Gasteiger partial charge in [-0.3, -0.25) is 24.5 Å². The van der Waals surface area contributed by atoms with E-state index in [1.807, 2.05) is 45.9 Å². The molecule has 0 unspecified atom stereocenters. The predicted molar refractivity (Wildman–Crippen MR) is 157 cm³/mol. The molecule has 2 heterocycles. The lowest BCUT2D eigenvalue weighted by Crippen LogP contribution is -2.26. The fourth-order valence-electron chi connectivity index (χ4n) is 5.02. The van der Waals surface area contributed by atoms with Gasteiger partial charge in [0.25, 0.3) is 17.7 Å². The fraction of sp³-hybridized carbons (Fsp3) is 0.258. The molecule has 41 heavy (non-hydrogen) atoms. The summed E-state index contributed by atoms with van der Waals surface area (Å²) in [6.07, 6.45) is 2.14. The van der Waals surface area contributed by atoms with Crippen molar-refractivity contribution in [2.45, 2.75) is 25.8 Å². The second kappa shape index (κ2) is 12.0. The van der Waals surface area contributed by atoms with E-state index in [1.165, 1.54) is 13.1 Å². The molecule has 0 saturated carbocycles. The molecule has 0 bridgehead atoms. The molecule has 1 saturated heterocycles. The molecule has 10 heteroatoms. The monoisotopic (exact) mass is 552 g/mol. The number of anilines is 2. The maximum atomic E-state index is 13.3. The Kier molecular flexibility index (Phi) is 8.09. The molecule has 1 aliphatic heterocycles. The number of aryl methyl sites for hydroxylation is 1. The van der Waals surface area contributed by atoms with Gasteiger partial charge in [0, 0.05) is 62.5 Å². The van der Waals surface area contributed by atoms with Crippen LogP contribution >= 0.6 is 0 Å². The smallest absolute Gasteiger partial charge is 0.258 e. The number of aromatic nitrogens is 2. The molecule has 1 fully saturated rings. The molecule has 10 nitrogen and oxygen atoms in total. The molecule has 1 aliphatic rings. The van der Waals surface area contributed by atoms with E-state index in [-0.39, 0.29) is 17.7 Å². The van der Waals surface area contributed by atoms with E-state index in [4.69, 9.17) is 4.98 Å². The summed E-state index contributed by atoms with van der Waals surface area (Å²) >= 11 is 0. The van der Waals surface area contributed by atoms with E-state index >= 15 is 0 Å². The summed E-state index contributed by atoms with van der Waals surface area (Å²) in [5.74, 6) is -0.328. The molecular weight excluding hydrogens is 520 g/mol. The number of carbonyl (C=O) groups excluding carboxylic acids is 4. The van der Waals surface area contributed by atoms with Gasteiger partial charge in [-0.2, -0.15) is 0 Å². The maximum Gasteiger partial charge on any atom is 0.258 e. The third-order valence-electron chi connectivity index (χ3n) is 7.26. The number of nitrogens with zero attached hydrogens (tertiary/aromatic N) is 4. The molecule has 2 N–H and O–H groups in total. The van der Waals surface area contributed by atoms with Crippen LogP contribution in [0.2, 0.25) is 0 Å². The van der Waals surface area contributed by atoms with Crippen LogP contribution in [-0.4, -0.2) is 65.3 Å². The minimum absolute atomic E-state index is 0.149. The number of imidazole rings is 1. The maximum absolute atomic E-state index is 13.3. The second-order valence-corrected chi connectivity index (χ2v) is 9.94. The van der Waals surface area contributed by atoms with E-state index in [1.54, 1.807) is 42.3 Å².